The summed E-state index contributed by atoms with van der Waals surface area (Å²) in [6, 6.07) is -0.225. The Morgan fingerprint density at radius 3 is 2.56 bits per heavy atom. The van der Waals surface area contributed by atoms with Crippen LogP contribution in [0, 0.1) is 0 Å². The van der Waals surface area contributed by atoms with Gasteiger partial charge in [0.15, 0.2) is 0 Å². The standard InChI is InChI=1S/C5H8BNO2/c1-3-4(8)2-5(9)7(3)6/h3-4,8H,2H2,1H3/t3?,4-/m1/s1. The van der Waals surface area contributed by atoms with Gasteiger partial charge in [0.1, 0.15) is 0 Å². The third-order valence-electron chi connectivity index (χ3n) is 1.67. The molecule has 48 valence electrons. The highest BCUT2D eigenvalue weighted by atomic mass is 16.3. The Labute approximate surface area is 55.1 Å². The number of rotatable bonds is 0. The van der Waals surface area contributed by atoms with E-state index in [0.29, 0.717) is 0 Å². The van der Waals surface area contributed by atoms with Crippen molar-refractivity contribution in [1.29, 1.82) is 0 Å². The van der Waals surface area contributed by atoms with Crippen LogP contribution in [-0.2, 0) is 4.79 Å². The molecule has 0 aliphatic carbocycles. The Kier molecular flexibility index (Phi) is 1.49. The highest BCUT2D eigenvalue weighted by molar-refractivity contribution is 6.15. The predicted octanol–water partition coefficient (Wildman–Crippen LogP) is -0.948. The van der Waals surface area contributed by atoms with Gasteiger partial charge in [0.2, 0.25) is 13.9 Å². The normalized spacial score (nSPS) is 35.8. The van der Waals surface area contributed by atoms with E-state index in [9.17, 15) is 4.79 Å². The van der Waals surface area contributed by atoms with E-state index in [-0.39, 0.29) is 18.4 Å². The van der Waals surface area contributed by atoms with Crippen LogP contribution in [0.15, 0.2) is 0 Å². The van der Waals surface area contributed by atoms with Gasteiger partial charge in [0.05, 0.1) is 12.5 Å². The van der Waals surface area contributed by atoms with Gasteiger partial charge in [0.25, 0.3) is 0 Å². The van der Waals surface area contributed by atoms with Gasteiger partial charge < -0.3 is 9.92 Å². The number of hydrogen-bond donors (Lipinski definition) is 1. The number of hydrogen-bond acceptors (Lipinski definition) is 2. The molecule has 1 rings (SSSR count). The van der Waals surface area contributed by atoms with E-state index in [0.717, 1.165) is 4.81 Å². The van der Waals surface area contributed by atoms with Gasteiger partial charge in [-0.05, 0) is 6.92 Å². The average molecular weight is 125 g/mol. The minimum absolute atomic E-state index is 0.164. The van der Waals surface area contributed by atoms with Crippen LogP contribution in [0.3, 0.4) is 0 Å². The summed E-state index contributed by atoms with van der Waals surface area (Å²) in [6.07, 6.45) is -0.417. The molecular formula is C5H8BNO2. The van der Waals surface area contributed by atoms with Crippen molar-refractivity contribution >= 4 is 13.9 Å². The second-order valence-electron chi connectivity index (χ2n) is 2.31. The van der Waals surface area contributed by atoms with Crippen molar-refractivity contribution in [1.82, 2.24) is 4.81 Å². The Morgan fingerprint density at radius 1 is 1.89 bits per heavy atom. The summed E-state index contributed by atoms with van der Waals surface area (Å²) >= 11 is 0. The maximum atomic E-state index is 10.6. The molecule has 1 N–H and O–H groups in total. The molecule has 1 fully saturated rings. The van der Waals surface area contributed by atoms with Gasteiger partial charge in [-0.3, -0.25) is 4.79 Å². The lowest BCUT2D eigenvalue weighted by Crippen LogP contribution is -2.31. The number of aliphatic hydroxyl groups is 1. The summed E-state index contributed by atoms with van der Waals surface area (Å²) in [7, 11) is 5.24. The highest BCUT2D eigenvalue weighted by Crippen LogP contribution is 2.15. The molecule has 0 bridgehead atoms. The molecule has 0 spiro atoms. The van der Waals surface area contributed by atoms with E-state index in [2.05, 4.69) is 0 Å². The van der Waals surface area contributed by atoms with Crippen LogP contribution in [-0.4, -0.2) is 36.0 Å². The fraction of sp³-hybridized carbons (Fsp3) is 0.800. The minimum Gasteiger partial charge on any atom is -0.392 e. The largest absolute Gasteiger partial charge is 0.392 e. The number of nitrogens with zero attached hydrogens (tertiary/aromatic N) is 1. The second-order valence-corrected chi connectivity index (χ2v) is 2.31. The van der Waals surface area contributed by atoms with E-state index in [1.165, 1.54) is 0 Å². The molecule has 0 aromatic carbocycles. The topological polar surface area (TPSA) is 40.5 Å². The molecule has 2 radical (unpaired) electrons. The van der Waals surface area contributed by atoms with Gasteiger partial charge in [-0.15, -0.1) is 0 Å². The van der Waals surface area contributed by atoms with E-state index in [1.54, 1.807) is 6.92 Å². The smallest absolute Gasteiger partial charge is 0.230 e. The summed E-state index contributed by atoms with van der Waals surface area (Å²) in [5.74, 6) is -0.185. The Balaban J connectivity index is 2.65. The third-order valence-corrected chi connectivity index (χ3v) is 1.67. The van der Waals surface area contributed by atoms with Crippen molar-refractivity contribution in [2.45, 2.75) is 25.5 Å². The molecule has 1 aliphatic heterocycles. The monoisotopic (exact) mass is 125 g/mol. The van der Waals surface area contributed by atoms with Gasteiger partial charge in [-0.1, -0.05) is 0 Å². The van der Waals surface area contributed by atoms with Gasteiger partial charge >= 0.3 is 0 Å². The van der Waals surface area contributed by atoms with Crippen LogP contribution >= 0.6 is 0 Å². The fourth-order valence-corrected chi connectivity index (χ4v) is 0.867. The minimum atomic E-state index is -0.581. The molecule has 1 saturated heterocycles. The maximum absolute atomic E-state index is 10.6. The fourth-order valence-electron chi connectivity index (χ4n) is 0.867. The first-order chi connectivity index (χ1) is 4.13. The van der Waals surface area contributed by atoms with Crippen LogP contribution in [0.5, 0.6) is 0 Å². The molecular weight excluding hydrogens is 117 g/mol. The molecule has 1 unspecified atom stereocenters. The van der Waals surface area contributed by atoms with E-state index in [1.807, 2.05) is 0 Å². The summed E-state index contributed by atoms with van der Waals surface area (Å²) in [6.45, 7) is 1.72. The average Bonchev–Trinajstić information content (AvgIpc) is 1.98. The molecule has 9 heavy (non-hydrogen) atoms. The zero-order valence-corrected chi connectivity index (χ0v) is 5.24. The molecule has 1 amide bonds. The Morgan fingerprint density at radius 2 is 2.44 bits per heavy atom. The SMILES string of the molecule is [B]N1C(=O)C[C@@H](O)C1C. The number of carbonyl (C=O) groups excluding carboxylic acids is 1. The summed E-state index contributed by atoms with van der Waals surface area (Å²) < 4.78 is 0. The number of carbonyl (C=O) groups is 1. The first-order valence-electron chi connectivity index (χ1n) is 2.87. The van der Waals surface area contributed by atoms with Crippen molar-refractivity contribution in [2.24, 2.45) is 0 Å². The van der Waals surface area contributed by atoms with Crippen molar-refractivity contribution < 1.29 is 9.90 Å². The third kappa shape index (κ3) is 0.943. The van der Waals surface area contributed by atoms with Crippen LogP contribution in [0.25, 0.3) is 0 Å². The molecule has 0 saturated carbocycles. The molecule has 3 nitrogen and oxygen atoms in total. The summed E-state index contributed by atoms with van der Waals surface area (Å²) in [5, 5.41) is 9.00. The second kappa shape index (κ2) is 2.03. The van der Waals surface area contributed by atoms with Gasteiger partial charge in [-0.25, -0.2) is 0 Å². The maximum Gasteiger partial charge on any atom is 0.230 e. The molecule has 0 aromatic rings. The van der Waals surface area contributed by atoms with Crippen LogP contribution in [0.1, 0.15) is 13.3 Å². The lowest BCUT2D eigenvalue weighted by Gasteiger charge is -2.16. The lowest BCUT2D eigenvalue weighted by atomic mass is 10.2. The highest BCUT2D eigenvalue weighted by Gasteiger charge is 2.31. The van der Waals surface area contributed by atoms with Crippen molar-refractivity contribution in [3.63, 3.8) is 0 Å². The van der Waals surface area contributed by atoms with Gasteiger partial charge in [-0.2, -0.15) is 0 Å². The van der Waals surface area contributed by atoms with Crippen LogP contribution in [0.2, 0.25) is 0 Å². The van der Waals surface area contributed by atoms with Gasteiger partial charge in [0, 0.05) is 6.04 Å². The number of amides is 1. The van der Waals surface area contributed by atoms with E-state index >= 15 is 0 Å². The van der Waals surface area contributed by atoms with Crippen molar-refractivity contribution in [3.05, 3.63) is 0 Å². The molecule has 1 aliphatic rings. The van der Waals surface area contributed by atoms with Crippen LogP contribution < -0.4 is 0 Å². The Hall–Kier alpha value is -0.505. The number of aliphatic hydroxyl groups excluding tert-OH is 1. The summed E-state index contributed by atoms with van der Waals surface area (Å²) in [5.41, 5.74) is 0. The zero-order chi connectivity index (χ0) is 7.02. The van der Waals surface area contributed by atoms with Crippen LogP contribution in [0.4, 0.5) is 0 Å². The molecule has 0 aromatic heterocycles. The van der Waals surface area contributed by atoms with Crippen molar-refractivity contribution in [2.75, 3.05) is 0 Å². The molecule has 4 heteroatoms. The zero-order valence-electron chi connectivity index (χ0n) is 5.24. The molecule has 1 heterocycles. The molecule has 2 atom stereocenters. The van der Waals surface area contributed by atoms with E-state index < -0.39 is 6.10 Å². The first-order valence-corrected chi connectivity index (χ1v) is 2.87. The van der Waals surface area contributed by atoms with E-state index in [4.69, 9.17) is 13.1 Å². The lowest BCUT2D eigenvalue weighted by molar-refractivity contribution is -0.124. The van der Waals surface area contributed by atoms with Crippen molar-refractivity contribution in [3.8, 4) is 0 Å². The quantitative estimate of drug-likeness (QED) is 0.424. The summed E-state index contributed by atoms with van der Waals surface area (Å²) in [4.78, 5) is 11.7. The Bertz CT molecular complexity index is 139. The first kappa shape index (κ1) is 6.61. The predicted molar refractivity (Wildman–Crippen MR) is 32.7 cm³/mol.